The molecule has 136 valence electrons. The van der Waals surface area contributed by atoms with Crippen molar-refractivity contribution >= 4 is 5.91 Å². The topological polar surface area (TPSA) is 32.8 Å². The van der Waals surface area contributed by atoms with Gasteiger partial charge in [0.1, 0.15) is 11.9 Å². The Bertz CT molecular complexity index is 795. The lowest BCUT2D eigenvalue weighted by atomic mass is 9.99. The maximum absolute atomic E-state index is 13.4. The van der Waals surface area contributed by atoms with Crippen molar-refractivity contribution in [2.24, 2.45) is 0 Å². The van der Waals surface area contributed by atoms with Crippen LogP contribution in [0.15, 0.2) is 48.5 Å². The first kappa shape index (κ1) is 17.2. The van der Waals surface area contributed by atoms with E-state index in [1.807, 2.05) is 23.1 Å². The highest BCUT2D eigenvalue weighted by atomic mass is 19.1. The Balaban J connectivity index is 1.39. The summed E-state index contributed by atoms with van der Waals surface area (Å²) in [6, 6.07) is 14.9. The maximum atomic E-state index is 13.4. The average molecular weight is 354 g/mol. The van der Waals surface area contributed by atoms with E-state index in [1.54, 1.807) is 12.1 Å². The van der Waals surface area contributed by atoms with Crippen LogP contribution in [0, 0.1) is 5.82 Å². The van der Waals surface area contributed by atoms with Gasteiger partial charge in [-0.1, -0.05) is 36.4 Å². The Morgan fingerprint density at radius 3 is 2.81 bits per heavy atom. The third-order valence-corrected chi connectivity index (χ3v) is 5.16. The predicted octanol–water partition coefficient (Wildman–Crippen LogP) is 2.61. The fraction of sp³-hybridized carbons (Fsp3) is 0.381. The number of ether oxygens (including phenoxy) is 1. The summed E-state index contributed by atoms with van der Waals surface area (Å²) in [5.41, 5.74) is 3.47. The molecule has 2 heterocycles. The van der Waals surface area contributed by atoms with Crippen LogP contribution in [0.5, 0.6) is 0 Å². The van der Waals surface area contributed by atoms with E-state index in [0.29, 0.717) is 26.2 Å². The molecule has 2 aromatic carbocycles. The number of halogens is 1. The molecular formula is C21H23FN2O2. The molecule has 0 bridgehead atoms. The van der Waals surface area contributed by atoms with Gasteiger partial charge in [-0.3, -0.25) is 9.69 Å². The van der Waals surface area contributed by atoms with Crippen molar-refractivity contribution in [3.05, 3.63) is 71.0 Å². The molecule has 4 nitrogen and oxygen atoms in total. The maximum Gasteiger partial charge on any atom is 0.253 e. The molecule has 0 aromatic heterocycles. The van der Waals surface area contributed by atoms with Crippen LogP contribution in [0.4, 0.5) is 4.39 Å². The van der Waals surface area contributed by atoms with Crippen LogP contribution in [-0.2, 0) is 29.0 Å². The molecule has 5 heteroatoms. The molecule has 1 atom stereocenters. The van der Waals surface area contributed by atoms with Gasteiger partial charge in [0.2, 0.25) is 0 Å². The second-order valence-electron chi connectivity index (χ2n) is 7.00. The van der Waals surface area contributed by atoms with Crippen LogP contribution in [0.2, 0.25) is 0 Å². The predicted molar refractivity (Wildman–Crippen MR) is 97.0 cm³/mol. The van der Waals surface area contributed by atoms with Gasteiger partial charge in [0.05, 0.1) is 6.61 Å². The number of rotatable bonds is 3. The number of morpholine rings is 1. The van der Waals surface area contributed by atoms with Crippen molar-refractivity contribution in [1.82, 2.24) is 9.80 Å². The zero-order valence-corrected chi connectivity index (χ0v) is 14.7. The number of fused-ring (bicyclic) bond motifs is 1. The average Bonchev–Trinajstić information content (AvgIpc) is 2.67. The summed E-state index contributed by atoms with van der Waals surface area (Å²) in [7, 11) is 0. The molecule has 2 aromatic rings. The number of benzene rings is 2. The van der Waals surface area contributed by atoms with Crippen LogP contribution in [-0.4, -0.2) is 48.1 Å². The summed E-state index contributed by atoms with van der Waals surface area (Å²) in [5.74, 6) is -0.168. The molecule has 2 aliphatic rings. The number of hydrogen-bond acceptors (Lipinski definition) is 3. The van der Waals surface area contributed by atoms with E-state index in [0.717, 1.165) is 25.1 Å². The third-order valence-electron chi connectivity index (χ3n) is 5.16. The summed E-state index contributed by atoms with van der Waals surface area (Å²) < 4.78 is 19.2. The van der Waals surface area contributed by atoms with Gasteiger partial charge < -0.3 is 9.64 Å². The number of nitrogens with zero attached hydrogens (tertiary/aromatic N) is 2. The Morgan fingerprint density at radius 1 is 1.12 bits per heavy atom. The molecule has 0 radical (unpaired) electrons. The van der Waals surface area contributed by atoms with Crippen molar-refractivity contribution in [3.63, 3.8) is 0 Å². The second kappa shape index (κ2) is 7.56. The summed E-state index contributed by atoms with van der Waals surface area (Å²) in [5, 5.41) is 0. The fourth-order valence-electron chi connectivity index (χ4n) is 3.78. The zero-order chi connectivity index (χ0) is 17.9. The van der Waals surface area contributed by atoms with E-state index in [2.05, 4.69) is 17.0 Å². The summed E-state index contributed by atoms with van der Waals surface area (Å²) in [6.45, 7) is 3.85. The fourth-order valence-corrected chi connectivity index (χ4v) is 3.78. The number of carbonyl (C=O) groups excluding carboxylic acids is 1. The molecule has 26 heavy (non-hydrogen) atoms. The molecular weight excluding hydrogens is 331 g/mol. The zero-order valence-electron chi connectivity index (χ0n) is 14.7. The number of amides is 1. The lowest BCUT2D eigenvalue weighted by molar-refractivity contribution is -0.150. The Kier molecular flexibility index (Phi) is 5.00. The smallest absolute Gasteiger partial charge is 0.253 e. The summed E-state index contributed by atoms with van der Waals surface area (Å²) in [6.07, 6.45) is 0.448. The van der Waals surface area contributed by atoms with Crippen LogP contribution in [0.1, 0.15) is 16.7 Å². The van der Waals surface area contributed by atoms with Crippen molar-refractivity contribution in [2.75, 3.05) is 26.2 Å². The van der Waals surface area contributed by atoms with Gasteiger partial charge in [-0.15, -0.1) is 0 Å². The highest BCUT2D eigenvalue weighted by Gasteiger charge is 2.31. The number of carbonyl (C=O) groups is 1. The summed E-state index contributed by atoms with van der Waals surface area (Å²) >= 11 is 0. The van der Waals surface area contributed by atoms with Gasteiger partial charge >= 0.3 is 0 Å². The van der Waals surface area contributed by atoms with Gasteiger partial charge in [-0.25, -0.2) is 4.39 Å². The van der Waals surface area contributed by atoms with E-state index < -0.39 is 6.10 Å². The van der Waals surface area contributed by atoms with Crippen molar-refractivity contribution < 1.29 is 13.9 Å². The van der Waals surface area contributed by atoms with Crippen molar-refractivity contribution in [2.45, 2.75) is 25.6 Å². The Hall–Kier alpha value is -2.24. The van der Waals surface area contributed by atoms with Crippen LogP contribution >= 0.6 is 0 Å². The van der Waals surface area contributed by atoms with E-state index in [4.69, 9.17) is 4.74 Å². The molecule has 0 N–H and O–H groups in total. The molecule has 0 aliphatic carbocycles. The minimum absolute atomic E-state index is 0.0587. The van der Waals surface area contributed by atoms with E-state index in [-0.39, 0.29) is 11.7 Å². The van der Waals surface area contributed by atoms with Crippen molar-refractivity contribution in [3.8, 4) is 0 Å². The van der Waals surface area contributed by atoms with Crippen LogP contribution < -0.4 is 0 Å². The summed E-state index contributed by atoms with van der Waals surface area (Å²) in [4.78, 5) is 17.0. The van der Waals surface area contributed by atoms with E-state index in [9.17, 15) is 9.18 Å². The largest absolute Gasteiger partial charge is 0.366 e. The highest BCUT2D eigenvalue weighted by molar-refractivity contribution is 5.81. The Labute approximate surface area is 153 Å². The molecule has 1 fully saturated rings. The first-order valence-electron chi connectivity index (χ1n) is 9.13. The minimum Gasteiger partial charge on any atom is -0.366 e. The SMILES string of the molecule is O=C(C1CN(Cc2cccc(F)c2)CCO1)N1CCc2ccccc2C1. The van der Waals surface area contributed by atoms with Gasteiger partial charge in [0.15, 0.2) is 0 Å². The first-order chi connectivity index (χ1) is 12.7. The molecule has 0 spiro atoms. The van der Waals surface area contributed by atoms with E-state index >= 15 is 0 Å². The van der Waals surface area contributed by atoms with Gasteiger partial charge in [0.25, 0.3) is 5.91 Å². The van der Waals surface area contributed by atoms with Gasteiger partial charge in [-0.2, -0.15) is 0 Å². The molecule has 1 amide bonds. The normalized spacial score (nSPS) is 20.7. The second-order valence-corrected chi connectivity index (χ2v) is 7.00. The first-order valence-corrected chi connectivity index (χ1v) is 9.13. The van der Waals surface area contributed by atoms with Gasteiger partial charge in [0, 0.05) is 32.7 Å². The molecule has 4 rings (SSSR count). The van der Waals surface area contributed by atoms with Crippen LogP contribution in [0.25, 0.3) is 0 Å². The standard InChI is InChI=1S/C21H23FN2O2/c22-19-7-3-4-16(12-19)13-23-10-11-26-20(15-23)21(25)24-9-8-17-5-1-2-6-18(17)14-24/h1-7,12,20H,8-11,13-15H2. The minimum atomic E-state index is -0.442. The quantitative estimate of drug-likeness (QED) is 0.849. The Morgan fingerprint density at radius 2 is 1.96 bits per heavy atom. The third kappa shape index (κ3) is 3.79. The lowest BCUT2D eigenvalue weighted by Gasteiger charge is -2.36. The molecule has 0 saturated carbocycles. The van der Waals surface area contributed by atoms with Gasteiger partial charge in [-0.05, 0) is 35.2 Å². The highest BCUT2D eigenvalue weighted by Crippen LogP contribution is 2.21. The van der Waals surface area contributed by atoms with Crippen molar-refractivity contribution in [1.29, 1.82) is 0 Å². The van der Waals surface area contributed by atoms with E-state index in [1.165, 1.54) is 17.2 Å². The number of hydrogen-bond donors (Lipinski definition) is 0. The molecule has 2 aliphatic heterocycles. The molecule has 1 unspecified atom stereocenters. The molecule has 1 saturated heterocycles. The van der Waals surface area contributed by atoms with Crippen LogP contribution in [0.3, 0.4) is 0 Å². The monoisotopic (exact) mass is 354 g/mol. The lowest BCUT2D eigenvalue weighted by Crippen LogP contribution is -2.51.